The first-order valence-electron chi connectivity index (χ1n) is 26.3. The number of carbonyl (C=O) groups is 6. The lowest BCUT2D eigenvalue weighted by Crippen LogP contribution is -2.34. The Morgan fingerprint density at radius 2 is 0.986 bits per heavy atom. The molecule has 0 aromatic rings. The molecule has 5 aliphatic heterocycles. The van der Waals surface area contributed by atoms with Gasteiger partial charge in [0, 0.05) is 64.4 Å². The maximum Gasteiger partial charge on any atom is 0.331 e. The number of hydrogen-bond acceptors (Lipinski definition) is 16. The number of carbonyl (C=O) groups excluding carboxylic acids is 4. The fraction of sp³-hybridized carbons (Fsp3) is 0.811. The highest BCUT2D eigenvalue weighted by Gasteiger charge is 2.17. The molecule has 0 bridgehead atoms. The molecule has 0 aromatic carbocycles. The summed E-state index contributed by atoms with van der Waals surface area (Å²) >= 11 is 0. The molecule has 72 heavy (non-hydrogen) atoms. The first-order chi connectivity index (χ1) is 33.7. The van der Waals surface area contributed by atoms with Gasteiger partial charge in [0.05, 0.1) is 19.8 Å². The second-order valence-electron chi connectivity index (χ2n) is 17.9. The van der Waals surface area contributed by atoms with E-state index in [1.54, 1.807) is 26.8 Å². The highest BCUT2D eigenvalue weighted by atomic mass is 35.5. The van der Waals surface area contributed by atoms with Crippen LogP contribution in [0.5, 0.6) is 0 Å². The Hall–Kier alpha value is -3.49. The van der Waals surface area contributed by atoms with Crippen LogP contribution < -0.4 is 11.5 Å². The van der Waals surface area contributed by atoms with E-state index >= 15 is 0 Å². The molecule has 5 fully saturated rings. The fourth-order valence-corrected chi connectivity index (χ4v) is 7.71. The Kier molecular flexibility index (Phi) is 62.8. The minimum Gasteiger partial charge on any atom is -0.483 e. The number of aldehydes is 1. The predicted molar refractivity (Wildman–Crippen MR) is 290 cm³/mol. The van der Waals surface area contributed by atoms with Crippen molar-refractivity contribution >= 4 is 49.0 Å². The number of ether oxygens (including phenoxy) is 4. The van der Waals surface area contributed by atoms with Crippen molar-refractivity contribution in [2.75, 3.05) is 112 Å². The molecule has 19 heteroatoms. The smallest absolute Gasteiger partial charge is 0.331 e. The van der Waals surface area contributed by atoms with Crippen LogP contribution >= 0.6 is 12.4 Å². The zero-order chi connectivity index (χ0) is 53.0. The van der Waals surface area contributed by atoms with Crippen LogP contribution in [0.15, 0.2) is 23.3 Å². The van der Waals surface area contributed by atoms with Crippen LogP contribution in [-0.4, -0.2) is 178 Å². The van der Waals surface area contributed by atoms with Gasteiger partial charge >= 0.3 is 23.9 Å². The zero-order valence-electron chi connectivity index (χ0n) is 46.2. The summed E-state index contributed by atoms with van der Waals surface area (Å²) in [5.41, 5.74) is 1.47. The monoisotopic (exact) mass is 1050 g/mol. The molecule has 0 aromatic heterocycles. The van der Waals surface area contributed by atoms with Crippen molar-refractivity contribution in [3.63, 3.8) is 0 Å². The number of likely N-dealkylation sites (tertiary alicyclic amines) is 3. The third-order valence-corrected chi connectivity index (χ3v) is 10.8. The van der Waals surface area contributed by atoms with Gasteiger partial charge in [-0.25, -0.2) is 9.59 Å². The molecule has 2 atom stereocenters. The number of rotatable bonds is 16. The van der Waals surface area contributed by atoms with Crippen LogP contribution in [0.1, 0.15) is 158 Å². The summed E-state index contributed by atoms with van der Waals surface area (Å²) < 4.78 is 19.3. The van der Waals surface area contributed by atoms with E-state index in [1.165, 1.54) is 116 Å². The number of esters is 3. The summed E-state index contributed by atoms with van der Waals surface area (Å²) in [6, 6.07) is 0. The number of nitrogens with zero attached hydrogens (tertiary/aromatic N) is 3. The average Bonchev–Trinajstić information content (AvgIpc) is 3.93. The average molecular weight is 1050 g/mol. The first-order valence-corrected chi connectivity index (χ1v) is 26.3. The van der Waals surface area contributed by atoms with E-state index in [9.17, 15) is 24.0 Å². The number of carboxylic acid groups (broad SMARTS) is 2. The SMILES string of the molecule is C1CCNCC1.C1CCOC1.CC(CC(=O)O)CN1CCCCC1.CCO.CCOC(=O)/C=C(\C)C=O.CCOC(=O)/C=C(\C)CN1CCCCC1.CCOC(=O)CC(C)CN1CCCCC1.Cl.N.O=CO. The van der Waals surface area contributed by atoms with Crippen LogP contribution in [0.25, 0.3) is 0 Å². The van der Waals surface area contributed by atoms with Crippen LogP contribution in [0.3, 0.4) is 0 Å². The minimum absolute atomic E-state index is 0. The summed E-state index contributed by atoms with van der Waals surface area (Å²) in [6.45, 7) is 30.5. The Balaban J connectivity index is -0.000000249. The highest BCUT2D eigenvalue weighted by molar-refractivity contribution is 5.89. The van der Waals surface area contributed by atoms with E-state index in [-0.39, 0.29) is 49.5 Å². The lowest BCUT2D eigenvalue weighted by Gasteiger charge is -2.28. The molecule has 5 heterocycles. The Morgan fingerprint density at radius 3 is 1.31 bits per heavy atom. The number of carboxylic acids is 1. The Labute approximate surface area is 441 Å². The second kappa shape index (κ2) is 58.4. The molecule has 0 amide bonds. The lowest BCUT2D eigenvalue weighted by atomic mass is 10.1. The fourth-order valence-electron chi connectivity index (χ4n) is 7.71. The van der Waals surface area contributed by atoms with Crippen molar-refractivity contribution in [3.05, 3.63) is 23.3 Å². The largest absolute Gasteiger partial charge is 0.483 e. The van der Waals surface area contributed by atoms with E-state index in [2.05, 4.69) is 31.7 Å². The second-order valence-corrected chi connectivity index (χ2v) is 17.9. The lowest BCUT2D eigenvalue weighted by molar-refractivity contribution is -0.144. The normalized spacial score (nSPS) is 17.5. The van der Waals surface area contributed by atoms with Gasteiger partial charge < -0.3 is 55.5 Å². The van der Waals surface area contributed by atoms with Crippen molar-refractivity contribution in [2.45, 2.75) is 158 Å². The molecule has 0 aliphatic carbocycles. The van der Waals surface area contributed by atoms with Gasteiger partial charge in [0.15, 0.2) is 0 Å². The summed E-state index contributed by atoms with van der Waals surface area (Å²) in [5, 5.41) is 26.3. The number of piperidine rings is 4. The molecule has 2 unspecified atom stereocenters. The maximum absolute atomic E-state index is 11.3. The molecule has 5 saturated heterocycles. The number of aliphatic hydroxyl groups excluding tert-OH is 1. The van der Waals surface area contributed by atoms with Crippen molar-refractivity contribution in [2.24, 2.45) is 11.8 Å². The number of nitrogens with one attached hydrogen (secondary N) is 1. The van der Waals surface area contributed by atoms with Crippen LogP contribution in [0.2, 0.25) is 0 Å². The van der Waals surface area contributed by atoms with Gasteiger partial charge in [-0.2, -0.15) is 0 Å². The number of aliphatic hydroxyl groups is 1. The summed E-state index contributed by atoms with van der Waals surface area (Å²) in [4.78, 5) is 69.0. The third kappa shape index (κ3) is 57.4. The van der Waals surface area contributed by atoms with E-state index in [4.69, 9.17) is 34.3 Å². The third-order valence-electron chi connectivity index (χ3n) is 10.8. The van der Waals surface area contributed by atoms with Crippen molar-refractivity contribution in [3.8, 4) is 0 Å². The van der Waals surface area contributed by atoms with Gasteiger partial charge in [-0.3, -0.25) is 24.1 Å². The van der Waals surface area contributed by atoms with Gasteiger partial charge in [-0.1, -0.05) is 45.1 Å². The van der Waals surface area contributed by atoms with Crippen LogP contribution in [0, 0.1) is 11.8 Å². The summed E-state index contributed by atoms with van der Waals surface area (Å²) in [5.74, 6) is -0.705. The molecule has 7 N–H and O–H groups in total. The van der Waals surface area contributed by atoms with E-state index in [1.807, 2.05) is 27.7 Å². The van der Waals surface area contributed by atoms with Gasteiger partial charge in [-0.15, -0.1) is 12.4 Å². The molecule has 0 radical (unpaired) electrons. The molecule has 0 spiro atoms. The number of allylic oxidation sites excluding steroid dienone is 1. The minimum atomic E-state index is -0.676. The Morgan fingerprint density at radius 1 is 0.611 bits per heavy atom. The number of halogens is 1. The summed E-state index contributed by atoms with van der Waals surface area (Å²) in [6.07, 6.45) is 22.8. The van der Waals surface area contributed by atoms with E-state index < -0.39 is 11.9 Å². The molecule has 5 aliphatic rings. The standard InChI is InChI=1S/C12H23NO2.C12H21NO2.C10H19NO2.C7H10O3.C5H11N.C4H8O.C2H6O.CH2O2.ClH.H3N/c2*1-3-15-12(14)9-11(2)10-13-7-5-4-6-8-13;1-9(7-10(12)13)8-11-5-3-2-4-6-11;1-3-10-7(9)4-6(2)5-8;1-2-4-6-5-3-1;1-2-4-5-3-1;1-2-3;2-1-3;;/h11H,3-10H2,1-2H3;9H,3-8,10H2,1-2H3;9H,2-8H2,1H3,(H,12,13);4-5H,3H2,1-2H3;6H,1-5H2;1-4H2;3H,2H2,1H3;1H,(H,2,3);1H;1H3/b;11-9+;;6-4+;;;;;;. The van der Waals surface area contributed by atoms with Gasteiger partial charge in [0.1, 0.15) is 6.29 Å². The molecular formula is C53H104ClN5O13. The van der Waals surface area contributed by atoms with Crippen LogP contribution in [-0.2, 0) is 47.7 Å². The van der Waals surface area contributed by atoms with Crippen molar-refractivity contribution in [1.29, 1.82) is 0 Å². The first kappa shape index (κ1) is 77.4. The molecule has 0 saturated carbocycles. The van der Waals surface area contributed by atoms with Crippen molar-refractivity contribution < 1.29 is 63.0 Å². The predicted octanol–water partition coefficient (Wildman–Crippen LogP) is 8.16. The van der Waals surface area contributed by atoms with Crippen molar-refractivity contribution in [1.82, 2.24) is 26.2 Å². The quantitative estimate of drug-likeness (QED) is 0.0423. The van der Waals surface area contributed by atoms with Crippen LogP contribution in [0.4, 0.5) is 0 Å². The molecule has 5 rings (SSSR count). The van der Waals surface area contributed by atoms with E-state index in [0.717, 1.165) is 70.7 Å². The van der Waals surface area contributed by atoms with Gasteiger partial charge in [0.25, 0.3) is 6.47 Å². The summed E-state index contributed by atoms with van der Waals surface area (Å²) in [7, 11) is 0. The molecular weight excluding hydrogens is 950 g/mol. The topological polar surface area (TPSA) is 257 Å². The zero-order valence-corrected chi connectivity index (χ0v) is 47.0. The van der Waals surface area contributed by atoms with E-state index in [0.29, 0.717) is 50.4 Å². The number of hydrogen-bond donors (Lipinski definition) is 5. The molecule has 18 nitrogen and oxygen atoms in total. The maximum atomic E-state index is 11.3. The highest BCUT2D eigenvalue weighted by Crippen LogP contribution is 2.14. The van der Waals surface area contributed by atoms with Gasteiger partial charge in [0.2, 0.25) is 0 Å². The molecule has 426 valence electrons. The van der Waals surface area contributed by atoms with Gasteiger partial charge in [-0.05, 0) is 176 Å². The number of aliphatic carboxylic acids is 1. The Bertz CT molecular complexity index is 1320.